The summed E-state index contributed by atoms with van der Waals surface area (Å²) in [6, 6.07) is 1.56. The van der Waals surface area contributed by atoms with Crippen molar-refractivity contribution in [3.8, 4) is 36.5 Å². The number of ether oxygens (including phenoxy) is 1. The van der Waals surface area contributed by atoms with Crippen LogP contribution in [0.5, 0.6) is 0 Å². The molecule has 0 spiro atoms. The van der Waals surface area contributed by atoms with Gasteiger partial charge in [0, 0.05) is 37.3 Å². The maximum atomic E-state index is 15.5. The number of aliphatic hydroxyl groups excluding tert-OH is 1. The molecular weight excluding hydrogens is 654 g/mol. The summed E-state index contributed by atoms with van der Waals surface area (Å²) >= 11 is 0. The van der Waals surface area contributed by atoms with Gasteiger partial charge in [-0.2, -0.15) is 4.31 Å². The molecule has 45 heavy (non-hydrogen) atoms. The Balaban J connectivity index is 1.80. The minimum absolute atomic E-state index is 0.243. The van der Waals surface area contributed by atoms with Gasteiger partial charge in [0.2, 0.25) is 0 Å². The highest BCUT2D eigenvalue weighted by molar-refractivity contribution is 7.68. The second-order valence-corrected chi connectivity index (χ2v) is 15.2. The smallest absolute Gasteiger partial charge is 0.398 e. The molecule has 6 N–H and O–H groups in total. The van der Waals surface area contributed by atoms with E-state index in [1.165, 1.54) is 17.0 Å². The Bertz CT molecular complexity index is 1620. The Morgan fingerprint density at radius 2 is 1.73 bits per heavy atom. The second-order valence-electron chi connectivity index (χ2n) is 10.0. The molecule has 3 rings (SSSR count). The molecule has 2 aromatic rings. The van der Waals surface area contributed by atoms with E-state index in [4.69, 9.17) is 37.6 Å². The maximum Gasteiger partial charge on any atom is 0.488 e. The molecule has 14 nitrogen and oxygen atoms in total. The first kappa shape index (κ1) is 36.9. The molecule has 3 unspecified atom stereocenters. The van der Waals surface area contributed by atoms with Crippen molar-refractivity contribution in [2.24, 2.45) is 0 Å². The van der Waals surface area contributed by atoms with Crippen molar-refractivity contribution in [2.75, 3.05) is 18.5 Å². The number of rotatable bonds is 16. The third-order valence-corrected chi connectivity index (χ3v) is 11.4. The summed E-state index contributed by atoms with van der Waals surface area (Å²) in [6.07, 6.45) is 9.62. The number of hydrogen-bond acceptors (Lipinski definition) is 10. The van der Waals surface area contributed by atoms with Crippen molar-refractivity contribution in [3.05, 3.63) is 24.0 Å². The number of aromatic nitrogens is 2. The van der Waals surface area contributed by atoms with Gasteiger partial charge in [0.05, 0.1) is 29.8 Å². The van der Waals surface area contributed by atoms with Crippen molar-refractivity contribution in [1.82, 2.24) is 9.55 Å². The normalized spacial score (nSPS) is 22.6. The number of nitrogens with zero attached hydrogens (tertiary/aromatic N) is 2. The lowest BCUT2D eigenvalue weighted by atomic mass is 10.1. The number of nitrogens with two attached hydrogens (primary N) is 1. The Morgan fingerprint density at radius 1 is 1.07 bits per heavy atom. The van der Waals surface area contributed by atoms with Crippen molar-refractivity contribution < 1.29 is 55.8 Å². The zero-order chi connectivity index (χ0) is 33.3. The lowest BCUT2D eigenvalue weighted by Crippen LogP contribution is -2.29. The third-order valence-electron chi connectivity index (χ3n) is 6.54. The zero-order valence-electron chi connectivity index (χ0n) is 24.1. The van der Waals surface area contributed by atoms with Crippen LogP contribution >= 0.6 is 23.2 Å². The zero-order valence-corrected chi connectivity index (χ0v) is 26.8. The fourth-order valence-corrected chi connectivity index (χ4v) is 8.85. The molecule has 1 aliphatic heterocycles. The van der Waals surface area contributed by atoms with Gasteiger partial charge in [-0.1, -0.05) is 11.8 Å². The van der Waals surface area contributed by atoms with Crippen LogP contribution in [-0.4, -0.2) is 60.5 Å². The van der Waals surface area contributed by atoms with Crippen LogP contribution < -0.4 is 5.73 Å². The molecule has 0 aliphatic carbocycles. The standard InChI is InChI=1S/C27H35FN3O11P3/c1-3-5-7-9-10-11-13-20-19-31(26-23(20)21(29)14-16-30-26)27-24(28)25(32)22(40-27)15-18-43(33,39-17-12-8-6-4-2)41-45(37,38)42-44(34,35)36/h1-2,14,16,19,22,24-25,27,32H,5-10,12,15,17-18H2,(H2,29,30)(H,37,38)(H2,34,35,36)/t22-,24?,25+,27-,43?/m1/s1. The number of pyridine rings is 1. The van der Waals surface area contributed by atoms with Crippen LogP contribution in [0.4, 0.5) is 10.1 Å². The minimum atomic E-state index is -5.60. The summed E-state index contributed by atoms with van der Waals surface area (Å²) in [6.45, 7) is -0.270. The molecule has 0 amide bonds. The predicted molar refractivity (Wildman–Crippen MR) is 163 cm³/mol. The molecular formula is C27H35FN3O11P3. The van der Waals surface area contributed by atoms with Crippen LogP contribution in [0.25, 0.3) is 11.0 Å². The molecule has 3 heterocycles. The highest BCUT2D eigenvalue weighted by atomic mass is 31.3. The highest BCUT2D eigenvalue weighted by Gasteiger charge is 2.48. The van der Waals surface area contributed by atoms with Crippen LogP contribution in [0.2, 0.25) is 0 Å². The van der Waals surface area contributed by atoms with E-state index >= 15 is 4.39 Å². The summed E-state index contributed by atoms with van der Waals surface area (Å²) in [5, 5.41) is 11.2. The molecule has 2 aromatic heterocycles. The van der Waals surface area contributed by atoms with E-state index in [0.717, 1.165) is 12.8 Å². The SMILES string of the molecule is C#CCCCCC#Cc1cn([C@@H]2O[C@H](CCP(=O)(OCCCCC#C)OP(=O)(O)OP(=O)(O)O)[C@H](O)C2F)c2nccc(N)c12. The first-order valence-corrected chi connectivity index (χ1v) is 18.6. The van der Waals surface area contributed by atoms with Crippen LogP contribution in [0.15, 0.2) is 18.5 Å². The molecule has 0 bridgehead atoms. The number of terminal acetylenes is 2. The van der Waals surface area contributed by atoms with Gasteiger partial charge in [0.25, 0.3) is 0 Å². The van der Waals surface area contributed by atoms with Crippen molar-refractivity contribution in [2.45, 2.75) is 76.0 Å². The van der Waals surface area contributed by atoms with Gasteiger partial charge in [-0.05, 0) is 38.2 Å². The number of alkyl halides is 1. The topological polar surface area (TPSA) is 213 Å². The van der Waals surface area contributed by atoms with E-state index in [2.05, 4.69) is 37.3 Å². The van der Waals surface area contributed by atoms with Gasteiger partial charge >= 0.3 is 23.2 Å². The number of hydrogen-bond donors (Lipinski definition) is 5. The number of fused-ring (bicyclic) bond motifs is 1. The average Bonchev–Trinajstić information content (AvgIpc) is 3.45. The molecule has 18 heteroatoms. The van der Waals surface area contributed by atoms with Crippen molar-refractivity contribution in [1.29, 1.82) is 0 Å². The average molecular weight is 690 g/mol. The molecule has 6 atom stereocenters. The molecule has 1 aliphatic rings. The summed E-state index contributed by atoms with van der Waals surface area (Å²) in [7, 11) is -15.8. The van der Waals surface area contributed by atoms with Crippen LogP contribution in [0.3, 0.4) is 0 Å². The van der Waals surface area contributed by atoms with E-state index in [1.54, 1.807) is 6.07 Å². The Hall–Kier alpha value is -2.53. The van der Waals surface area contributed by atoms with E-state index < -0.39 is 60.4 Å². The lowest BCUT2D eigenvalue weighted by Gasteiger charge is -2.23. The predicted octanol–water partition coefficient (Wildman–Crippen LogP) is 4.39. The number of phosphoric acid groups is 2. The second kappa shape index (κ2) is 16.3. The van der Waals surface area contributed by atoms with E-state index in [1.807, 2.05) is 0 Å². The maximum absolute atomic E-state index is 15.5. The molecule has 0 radical (unpaired) electrons. The van der Waals surface area contributed by atoms with Gasteiger partial charge in [-0.15, -0.1) is 24.7 Å². The monoisotopic (exact) mass is 689 g/mol. The first-order chi connectivity index (χ1) is 21.2. The number of anilines is 1. The first-order valence-electron chi connectivity index (χ1n) is 13.8. The fourth-order valence-electron chi connectivity index (χ4n) is 4.51. The number of nitrogen functional groups attached to an aromatic ring is 1. The van der Waals surface area contributed by atoms with E-state index in [9.17, 15) is 23.7 Å². The number of aliphatic hydroxyl groups is 1. The largest absolute Gasteiger partial charge is 0.488 e. The molecule has 1 fully saturated rings. The van der Waals surface area contributed by atoms with Crippen molar-refractivity contribution in [3.63, 3.8) is 0 Å². The summed E-state index contributed by atoms with van der Waals surface area (Å²) in [5.74, 6) is 11.0. The quantitative estimate of drug-likeness (QED) is 0.0941. The van der Waals surface area contributed by atoms with E-state index in [0.29, 0.717) is 42.3 Å². The van der Waals surface area contributed by atoms with Crippen molar-refractivity contribution >= 4 is 40.0 Å². The van der Waals surface area contributed by atoms with Crippen LogP contribution in [0, 0.1) is 36.5 Å². The van der Waals surface area contributed by atoms with Gasteiger partial charge in [0.1, 0.15) is 11.8 Å². The Kier molecular flexibility index (Phi) is 13.4. The molecule has 0 saturated carbocycles. The van der Waals surface area contributed by atoms with Gasteiger partial charge in [-0.3, -0.25) is 4.57 Å². The Morgan fingerprint density at radius 3 is 2.40 bits per heavy atom. The Labute approximate surface area is 260 Å². The van der Waals surface area contributed by atoms with Crippen LogP contribution in [0.1, 0.15) is 63.2 Å². The van der Waals surface area contributed by atoms with E-state index in [-0.39, 0.29) is 18.7 Å². The summed E-state index contributed by atoms with van der Waals surface area (Å²) < 4.78 is 72.9. The minimum Gasteiger partial charge on any atom is -0.398 e. The fraction of sp³-hybridized carbons (Fsp3) is 0.519. The molecule has 1 saturated heterocycles. The highest BCUT2D eigenvalue weighted by Crippen LogP contribution is 2.68. The lowest BCUT2D eigenvalue weighted by molar-refractivity contribution is -0.0237. The van der Waals surface area contributed by atoms with Gasteiger partial charge in [-0.25, -0.2) is 22.8 Å². The molecule has 246 valence electrons. The summed E-state index contributed by atoms with van der Waals surface area (Å²) in [5.41, 5.74) is 7.22. The van der Waals surface area contributed by atoms with Gasteiger partial charge in [0.15, 0.2) is 12.4 Å². The van der Waals surface area contributed by atoms with Crippen LogP contribution in [-0.2, 0) is 31.6 Å². The number of unbranched alkanes of at least 4 members (excludes halogenated alkanes) is 5. The third kappa shape index (κ3) is 10.8. The van der Waals surface area contributed by atoms with Gasteiger partial charge < -0.3 is 39.3 Å². The number of halogens is 1. The molecule has 0 aromatic carbocycles. The summed E-state index contributed by atoms with van der Waals surface area (Å²) in [4.78, 5) is 31.9.